The Kier molecular flexibility index (Phi) is 3.99. The highest BCUT2D eigenvalue weighted by atomic mass is 79.9. The number of ether oxygens (including phenoxy) is 1. The Bertz CT molecular complexity index is 667. The van der Waals surface area contributed by atoms with Crippen molar-refractivity contribution < 1.29 is 4.74 Å². The maximum absolute atomic E-state index is 11.9. The number of methoxy groups -OCH3 is 1. The topological polar surface area (TPSA) is 57.0 Å². The van der Waals surface area contributed by atoms with Crippen LogP contribution in [0, 0.1) is 13.8 Å². The second-order valence-corrected chi connectivity index (χ2v) is 4.93. The lowest BCUT2D eigenvalue weighted by Gasteiger charge is -2.12. The number of hydrogen-bond acceptors (Lipinski definition) is 4. The fourth-order valence-corrected chi connectivity index (χ4v) is 2.09. The summed E-state index contributed by atoms with van der Waals surface area (Å²) in [5.74, 6) is 0.530. The monoisotopic (exact) mass is 323 g/mol. The molecular formula is C13H14BrN3O2. The highest BCUT2D eigenvalue weighted by Gasteiger charge is 2.10. The number of hydrogen-bond donors (Lipinski definition) is 0. The Morgan fingerprint density at radius 2 is 2.05 bits per heavy atom. The molecule has 0 saturated carbocycles. The van der Waals surface area contributed by atoms with Crippen LogP contribution in [0.25, 0.3) is 0 Å². The number of rotatable bonds is 3. The van der Waals surface area contributed by atoms with Crippen LogP contribution in [-0.2, 0) is 6.54 Å². The second-order valence-electron chi connectivity index (χ2n) is 4.14. The minimum absolute atomic E-state index is 0.275. The van der Waals surface area contributed by atoms with E-state index in [4.69, 9.17) is 4.74 Å². The van der Waals surface area contributed by atoms with E-state index in [1.807, 2.05) is 19.1 Å². The zero-order chi connectivity index (χ0) is 14.0. The standard InChI is InChI=1S/C13H14BrN3O2/c1-8-12(14)9(2)17(13(18)15-8)7-10-5-4-6-11(16-10)19-3/h4-6H,7H2,1-3H3. The number of aryl methyl sites for hydroxylation is 1. The van der Waals surface area contributed by atoms with Gasteiger partial charge < -0.3 is 4.74 Å². The van der Waals surface area contributed by atoms with Gasteiger partial charge in [0.25, 0.3) is 0 Å². The molecule has 0 aliphatic rings. The summed E-state index contributed by atoms with van der Waals surface area (Å²) in [7, 11) is 1.56. The van der Waals surface area contributed by atoms with E-state index in [0.717, 1.165) is 15.9 Å². The maximum atomic E-state index is 11.9. The molecule has 5 nitrogen and oxygen atoms in total. The Balaban J connectivity index is 2.43. The van der Waals surface area contributed by atoms with Crippen molar-refractivity contribution >= 4 is 15.9 Å². The lowest BCUT2D eigenvalue weighted by molar-refractivity contribution is 0.395. The normalized spacial score (nSPS) is 10.5. The molecule has 0 spiro atoms. The third kappa shape index (κ3) is 2.84. The Labute approximate surface area is 119 Å². The lowest BCUT2D eigenvalue weighted by atomic mass is 10.3. The first kappa shape index (κ1) is 13.7. The highest BCUT2D eigenvalue weighted by Crippen LogP contribution is 2.17. The average Bonchev–Trinajstić information content (AvgIpc) is 2.41. The van der Waals surface area contributed by atoms with E-state index < -0.39 is 0 Å². The molecule has 0 aromatic carbocycles. The fraction of sp³-hybridized carbons (Fsp3) is 0.308. The molecule has 6 heteroatoms. The molecule has 0 fully saturated rings. The van der Waals surface area contributed by atoms with Gasteiger partial charge in [-0.15, -0.1) is 0 Å². The van der Waals surface area contributed by atoms with Gasteiger partial charge in [0.15, 0.2) is 0 Å². The molecule has 0 unspecified atom stereocenters. The molecule has 0 atom stereocenters. The number of halogens is 1. The summed E-state index contributed by atoms with van der Waals surface area (Å²) in [6, 6.07) is 5.46. The molecule has 0 aliphatic heterocycles. The average molecular weight is 324 g/mol. The van der Waals surface area contributed by atoms with Crippen LogP contribution in [0.4, 0.5) is 0 Å². The first-order valence-electron chi connectivity index (χ1n) is 5.76. The van der Waals surface area contributed by atoms with Crippen LogP contribution in [0.15, 0.2) is 27.5 Å². The maximum Gasteiger partial charge on any atom is 0.348 e. The van der Waals surface area contributed by atoms with E-state index in [1.165, 1.54) is 0 Å². The van der Waals surface area contributed by atoms with E-state index in [1.54, 1.807) is 24.7 Å². The largest absolute Gasteiger partial charge is 0.481 e. The van der Waals surface area contributed by atoms with Gasteiger partial charge in [0.1, 0.15) is 0 Å². The zero-order valence-electron chi connectivity index (χ0n) is 11.0. The van der Waals surface area contributed by atoms with Gasteiger partial charge in [0.2, 0.25) is 5.88 Å². The summed E-state index contributed by atoms with van der Waals surface area (Å²) in [5.41, 5.74) is 2.00. The third-order valence-electron chi connectivity index (χ3n) is 2.84. The van der Waals surface area contributed by atoms with Crippen molar-refractivity contribution in [1.82, 2.24) is 14.5 Å². The molecular weight excluding hydrogens is 310 g/mol. The summed E-state index contributed by atoms with van der Waals surface area (Å²) in [6.07, 6.45) is 0. The van der Waals surface area contributed by atoms with Crippen LogP contribution in [0.2, 0.25) is 0 Å². The Morgan fingerprint density at radius 3 is 2.74 bits per heavy atom. The molecule has 2 rings (SSSR count). The highest BCUT2D eigenvalue weighted by molar-refractivity contribution is 9.10. The van der Waals surface area contributed by atoms with Gasteiger partial charge in [-0.3, -0.25) is 4.57 Å². The summed E-state index contributed by atoms with van der Waals surface area (Å²) < 4.78 is 7.50. The van der Waals surface area contributed by atoms with Crippen LogP contribution < -0.4 is 10.4 Å². The number of pyridine rings is 1. The van der Waals surface area contributed by atoms with E-state index in [-0.39, 0.29) is 5.69 Å². The first-order chi connectivity index (χ1) is 9.02. The number of nitrogens with zero attached hydrogens (tertiary/aromatic N) is 3. The van der Waals surface area contributed by atoms with Gasteiger partial charge in [-0.1, -0.05) is 6.07 Å². The van der Waals surface area contributed by atoms with E-state index in [0.29, 0.717) is 18.1 Å². The van der Waals surface area contributed by atoms with Gasteiger partial charge in [0, 0.05) is 11.8 Å². The van der Waals surface area contributed by atoms with Crippen molar-refractivity contribution in [2.45, 2.75) is 20.4 Å². The van der Waals surface area contributed by atoms with Crippen molar-refractivity contribution in [2.24, 2.45) is 0 Å². The van der Waals surface area contributed by atoms with Crippen LogP contribution in [0.1, 0.15) is 17.1 Å². The predicted octanol–water partition coefficient (Wildman–Crippen LogP) is 2.07. The molecule has 19 heavy (non-hydrogen) atoms. The quantitative estimate of drug-likeness (QED) is 0.867. The molecule has 0 radical (unpaired) electrons. The van der Waals surface area contributed by atoms with Crippen LogP contribution in [0.3, 0.4) is 0 Å². The van der Waals surface area contributed by atoms with Gasteiger partial charge in [-0.2, -0.15) is 4.98 Å². The smallest absolute Gasteiger partial charge is 0.348 e. The predicted molar refractivity (Wildman–Crippen MR) is 75.6 cm³/mol. The molecule has 0 saturated heterocycles. The van der Waals surface area contributed by atoms with Gasteiger partial charge in [0.05, 0.1) is 29.5 Å². The van der Waals surface area contributed by atoms with E-state index in [2.05, 4.69) is 25.9 Å². The van der Waals surface area contributed by atoms with E-state index in [9.17, 15) is 4.79 Å². The summed E-state index contributed by atoms with van der Waals surface area (Å²) in [5, 5.41) is 0. The van der Waals surface area contributed by atoms with Crippen LogP contribution >= 0.6 is 15.9 Å². The molecule has 0 N–H and O–H groups in total. The summed E-state index contributed by atoms with van der Waals surface area (Å²) in [6.45, 7) is 4.04. The van der Waals surface area contributed by atoms with Gasteiger partial charge >= 0.3 is 5.69 Å². The van der Waals surface area contributed by atoms with Crippen molar-refractivity contribution in [2.75, 3.05) is 7.11 Å². The van der Waals surface area contributed by atoms with Gasteiger partial charge in [-0.05, 0) is 35.8 Å². The molecule has 2 aromatic rings. The van der Waals surface area contributed by atoms with Crippen LogP contribution in [0.5, 0.6) is 5.88 Å². The molecule has 100 valence electrons. The second kappa shape index (κ2) is 5.52. The SMILES string of the molecule is COc1cccc(Cn2c(C)c(Br)c(C)nc2=O)n1. The third-order valence-corrected chi connectivity index (χ3v) is 3.99. The Hall–Kier alpha value is -1.69. The van der Waals surface area contributed by atoms with Crippen molar-refractivity contribution in [1.29, 1.82) is 0 Å². The minimum Gasteiger partial charge on any atom is -0.481 e. The molecule has 0 aliphatic carbocycles. The molecule has 2 aromatic heterocycles. The number of aromatic nitrogens is 3. The summed E-state index contributed by atoms with van der Waals surface area (Å²) in [4.78, 5) is 20.2. The van der Waals surface area contributed by atoms with Gasteiger partial charge in [-0.25, -0.2) is 9.78 Å². The summed E-state index contributed by atoms with van der Waals surface area (Å²) >= 11 is 3.44. The Morgan fingerprint density at radius 1 is 1.32 bits per heavy atom. The molecule has 0 bridgehead atoms. The zero-order valence-corrected chi connectivity index (χ0v) is 12.6. The van der Waals surface area contributed by atoms with Crippen molar-refractivity contribution in [3.8, 4) is 5.88 Å². The lowest BCUT2D eigenvalue weighted by Crippen LogP contribution is -2.27. The minimum atomic E-state index is -0.275. The van der Waals surface area contributed by atoms with Crippen molar-refractivity contribution in [3.05, 3.63) is 50.2 Å². The van der Waals surface area contributed by atoms with E-state index >= 15 is 0 Å². The molecule has 0 amide bonds. The molecule has 2 heterocycles. The van der Waals surface area contributed by atoms with Crippen LogP contribution in [-0.4, -0.2) is 21.6 Å². The first-order valence-corrected chi connectivity index (χ1v) is 6.55. The fourth-order valence-electron chi connectivity index (χ4n) is 1.78. The van der Waals surface area contributed by atoms with Crippen molar-refractivity contribution in [3.63, 3.8) is 0 Å².